The molecule has 4 rings (SSSR count). The molecule has 2 aliphatic heterocycles. The highest BCUT2D eigenvalue weighted by atomic mass is 16.6. The first-order valence-electron chi connectivity index (χ1n) is 12.8. The summed E-state index contributed by atoms with van der Waals surface area (Å²) in [5.41, 5.74) is -0.673. The first-order valence-corrected chi connectivity index (χ1v) is 12.8. The van der Waals surface area contributed by atoms with Crippen LogP contribution in [0.15, 0.2) is 0 Å². The van der Waals surface area contributed by atoms with Gasteiger partial charge >= 0.3 is 12.1 Å². The van der Waals surface area contributed by atoms with Gasteiger partial charge in [-0.3, -0.25) is 14.4 Å². The van der Waals surface area contributed by atoms with E-state index in [9.17, 15) is 19.2 Å². The number of fused-ring (bicyclic) bond motifs is 1. The number of hydrogen-bond donors (Lipinski definition) is 1. The molecule has 0 radical (unpaired) electrons. The summed E-state index contributed by atoms with van der Waals surface area (Å²) >= 11 is 0. The van der Waals surface area contributed by atoms with Crippen LogP contribution in [-0.2, 0) is 23.9 Å². The fourth-order valence-electron chi connectivity index (χ4n) is 5.98. The van der Waals surface area contributed by atoms with Gasteiger partial charge in [0.2, 0.25) is 11.8 Å². The third kappa shape index (κ3) is 5.18. The summed E-state index contributed by atoms with van der Waals surface area (Å²) in [6.45, 7) is 6.12. The summed E-state index contributed by atoms with van der Waals surface area (Å²) in [6, 6.07) is -1.32. The van der Waals surface area contributed by atoms with Crippen LogP contribution in [0.5, 0.6) is 0 Å². The highest BCUT2D eigenvalue weighted by Gasteiger charge is 2.56. The minimum atomic E-state index is -0.708. The quantitative estimate of drug-likeness (QED) is 0.610. The molecule has 0 aromatic rings. The van der Waals surface area contributed by atoms with Gasteiger partial charge in [-0.1, -0.05) is 19.3 Å². The predicted octanol–water partition coefficient (Wildman–Crippen LogP) is 2.47. The van der Waals surface area contributed by atoms with Crippen LogP contribution in [0, 0.1) is 17.8 Å². The van der Waals surface area contributed by atoms with E-state index < -0.39 is 35.7 Å². The molecule has 0 spiro atoms. The molecule has 0 aromatic heterocycles. The molecule has 2 heterocycles. The van der Waals surface area contributed by atoms with Crippen LogP contribution in [0.4, 0.5) is 4.79 Å². The lowest BCUT2D eigenvalue weighted by molar-refractivity contribution is -0.148. The lowest BCUT2D eigenvalue weighted by atomic mass is 9.83. The molecule has 1 N–H and O–H groups in total. The Bertz CT molecular complexity index is 814. The number of carbonyl (C=O) groups is 4. The van der Waals surface area contributed by atoms with E-state index in [-0.39, 0.29) is 36.2 Å². The van der Waals surface area contributed by atoms with Gasteiger partial charge in [0, 0.05) is 19.0 Å². The van der Waals surface area contributed by atoms with E-state index in [2.05, 4.69) is 5.32 Å². The molecule has 2 aliphatic carbocycles. The smallest absolute Gasteiger partial charge is 0.408 e. The van der Waals surface area contributed by atoms with Crippen LogP contribution in [0.1, 0.15) is 72.1 Å². The first-order chi connectivity index (χ1) is 16.1. The predicted molar refractivity (Wildman–Crippen MR) is 124 cm³/mol. The maximum atomic E-state index is 14.0. The first kappa shape index (κ1) is 24.8. The SMILES string of the molecule is COC(=O)[C@H]1CN(C(=O)C2CC2)[C@@H]2CCN(C(=O)C(NC(=O)OC(C)(C)C)C3CCCCC3)[C@H]12. The summed E-state index contributed by atoms with van der Waals surface area (Å²) < 4.78 is 10.5. The molecule has 0 aromatic carbocycles. The molecule has 1 unspecified atom stereocenters. The minimum absolute atomic E-state index is 0.0231. The van der Waals surface area contributed by atoms with Gasteiger partial charge in [0.15, 0.2) is 0 Å². The molecule has 9 nitrogen and oxygen atoms in total. The minimum Gasteiger partial charge on any atom is -0.469 e. The molecule has 4 aliphatic rings. The van der Waals surface area contributed by atoms with E-state index in [0.29, 0.717) is 13.0 Å². The zero-order chi connectivity index (χ0) is 24.6. The Balaban J connectivity index is 1.56. The van der Waals surface area contributed by atoms with Crippen LogP contribution in [0.3, 0.4) is 0 Å². The Morgan fingerprint density at radius 2 is 1.62 bits per heavy atom. The van der Waals surface area contributed by atoms with Crippen LogP contribution in [0.2, 0.25) is 0 Å². The largest absolute Gasteiger partial charge is 0.469 e. The molecule has 190 valence electrons. The van der Waals surface area contributed by atoms with Gasteiger partial charge in [0.05, 0.1) is 25.1 Å². The zero-order valence-electron chi connectivity index (χ0n) is 20.9. The highest BCUT2D eigenvalue weighted by Crippen LogP contribution is 2.41. The summed E-state index contributed by atoms with van der Waals surface area (Å²) in [5, 5.41) is 2.87. The summed E-state index contributed by atoms with van der Waals surface area (Å²) in [6.07, 6.45) is 6.70. The molecular formula is C25H39N3O6. The van der Waals surface area contributed by atoms with Gasteiger partial charge in [0.1, 0.15) is 11.6 Å². The van der Waals surface area contributed by atoms with E-state index in [4.69, 9.17) is 9.47 Å². The number of hydrogen-bond acceptors (Lipinski definition) is 6. The molecule has 4 atom stereocenters. The zero-order valence-corrected chi connectivity index (χ0v) is 20.9. The Kier molecular flexibility index (Phi) is 7.10. The van der Waals surface area contributed by atoms with Crippen molar-refractivity contribution in [3.63, 3.8) is 0 Å². The van der Waals surface area contributed by atoms with Crippen molar-refractivity contribution < 1.29 is 28.7 Å². The summed E-state index contributed by atoms with van der Waals surface area (Å²) in [5.74, 6) is -0.986. The molecule has 3 amide bonds. The molecular weight excluding hydrogens is 438 g/mol. The van der Waals surface area contributed by atoms with Gasteiger partial charge in [0.25, 0.3) is 0 Å². The van der Waals surface area contributed by atoms with Crippen LogP contribution in [-0.4, -0.2) is 77.6 Å². The molecule has 0 bridgehead atoms. The van der Waals surface area contributed by atoms with Gasteiger partial charge in [-0.15, -0.1) is 0 Å². The Hall–Kier alpha value is -2.32. The molecule has 34 heavy (non-hydrogen) atoms. The number of alkyl carbamates (subject to hydrolysis) is 1. The molecule has 4 fully saturated rings. The second kappa shape index (κ2) is 9.74. The topological polar surface area (TPSA) is 105 Å². The Morgan fingerprint density at radius 1 is 0.941 bits per heavy atom. The summed E-state index contributed by atoms with van der Waals surface area (Å²) in [7, 11) is 1.35. The van der Waals surface area contributed by atoms with Crippen molar-refractivity contribution in [2.24, 2.45) is 17.8 Å². The average Bonchev–Trinajstić information content (AvgIpc) is 3.45. The van der Waals surface area contributed by atoms with Gasteiger partial charge in [-0.2, -0.15) is 0 Å². The number of ether oxygens (including phenoxy) is 2. The fourth-order valence-corrected chi connectivity index (χ4v) is 5.98. The van der Waals surface area contributed by atoms with Crippen LogP contribution < -0.4 is 5.32 Å². The molecule has 9 heteroatoms. The van der Waals surface area contributed by atoms with E-state index in [0.717, 1.165) is 44.9 Å². The van der Waals surface area contributed by atoms with E-state index in [1.54, 1.807) is 25.7 Å². The normalized spacial score (nSPS) is 28.3. The Morgan fingerprint density at radius 3 is 2.21 bits per heavy atom. The Labute approximate surface area is 201 Å². The average molecular weight is 478 g/mol. The third-order valence-corrected chi connectivity index (χ3v) is 7.68. The van der Waals surface area contributed by atoms with Crippen molar-refractivity contribution in [3.8, 4) is 0 Å². The van der Waals surface area contributed by atoms with E-state index in [1.807, 2.05) is 4.90 Å². The number of amides is 3. The second-order valence-electron chi connectivity index (χ2n) is 11.3. The molecule has 2 saturated heterocycles. The van der Waals surface area contributed by atoms with Crippen LogP contribution >= 0.6 is 0 Å². The van der Waals surface area contributed by atoms with Crippen molar-refractivity contribution in [1.29, 1.82) is 0 Å². The van der Waals surface area contributed by atoms with Crippen LogP contribution in [0.25, 0.3) is 0 Å². The lowest BCUT2D eigenvalue weighted by Crippen LogP contribution is -2.56. The summed E-state index contributed by atoms with van der Waals surface area (Å²) in [4.78, 5) is 55.8. The number of rotatable bonds is 5. The maximum Gasteiger partial charge on any atom is 0.408 e. The number of esters is 1. The standard InChI is InChI=1S/C25H39N3O6/c1-25(2,3)34-24(32)26-19(15-8-6-5-7-9-15)22(30)27-13-12-18-20(27)17(23(31)33-4)14-28(18)21(29)16-10-11-16/h15-20H,5-14H2,1-4H3,(H,26,32)/t17-,18+,19?,20+/m0/s1. The lowest BCUT2D eigenvalue weighted by Gasteiger charge is -2.36. The van der Waals surface area contributed by atoms with Crippen molar-refractivity contribution in [1.82, 2.24) is 15.1 Å². The van der Waals surface area contributed by atoms with Crippen molar-refractivity contribution in [3.05, 3.63) is 0 Å². The second-order valence-corrected chi connectivity index (χ2v) is 11.3. The van der Waals surface area contributed by atoms with Gasteiger partial charge in [-0.25, -0.2) is 4.79 Å². The fraction of sp³-hybridized carbons (Fsp3) is 0.840. The monoisotopic (exact) mass is 477 g/mol. The molecule has 2 saturated carbocycles. The van der Waals surface area contributed by atoms with E-state index in [1.165, 1.54) is 7.11 Å². The van der Waals surface area contributed by atoms with Crippen molar-refractivity contribution >= 4 is 23.9 Å². The number of nitrogens with zero attached hydrogens (tertiary/aromatic N) is 2. The maximum absolute atomic E-state index is 14.0. The van der Waals surface area contributed by atoms with Crippen molar-refractivity contribution in [2.45, 2.75) is 95.9 Å². The highest BCUT2D eigenvalue weighted by molar-refractivity contribution is 5.89. The van der Waals surface area contributed by atoms with Gasteiger partial charge < -0.3 is 24.6 Å². The number of likely N-dealkylation sites (tertiary alicyclic amines) is 2. The third-order valence-electron chi connectivity index (χ3n) is 7.68. The number of nitrogens with one attached hydrogen (secondary N) is 1. The number of methoxy groups -OCH3 is 1. The van der Waals surface area contributed by atoms with Gasteiger partial charge in [-0.05, 0) is 58.8 Å². The van der Waals surface area contributed by atoms with Crippen molar-refractivity contribution in [2.75, 3.05) is 20.2 Å². The van der Waals surface area contributed by atoms with E-state index >= 15 is 0 Å². The number of carbonyl (C=O) groups excluding carboxylic acids is 4.